The number of nitrogens with zero attached hydrogens (tertiary/aromatic N) is 2. The molecule has 108 valence electrons. The average Bonchev–Trinajstić information content (AvgIpc) is 2.80. The maximum absolute atomic E-state index is 6.33. The molecule has 0 radical (unpaired) electrons. The Bertz CT molecular complexity index is 603. The van der Waals surface area contributed by atoms with Crippen LogP contribution < -0.4 is 5.73 Å². The van der Waals surface area contributed by atoms with Crippen molar-refractivity contribution in [1.29, 1.82) is 0 Å². The van der Waals surface area contributed by atoms with Crippen LogP contribution in [0.15, 0.2) is 28.9 Å². The molecule has 1 unspecified atom stereocenters. The van der Waals surface area contributed by atoms with Gasteiger partial charge in [0.2, 0.25) is 0 Å². The molecule has 0 aliphatic carbocycles. The molecule has 4 nitrogen and oxygen atoms in total. The fraction of sp³-hybridized carbons (Fsp3) is 0.308. The second-order valence-corrected chi connectivity index (χ2v) is 5.85. The summed E-state index contributed by atoms with van der Waals surface area (Å²) in [5, 5.41) is 5.24. The molecule has 0 aliphatic rings. The lowest BCUT2D eigenvalue weighted by molar-refractivity contribution is 0.182. The van der Waals surface area contributed by atoms with E-state index in [0.29, 0.717) is 23.2 Å². The first-order valence-electron chi connectivity index (χ1n) is 5.96. The summed E-state index contributed by atoms with van der Waals surface area (Å²) in [4.78, 5) is 0. The minimum Gasteiger partial charge on any atom is -0.383 e. The topological polar surface area (TPSA) is 53.1 Å². The number of aromatic nitrogens is 2. The van der Waals surface area contributed by atoms with Crippen molar-refractivity contribution in [2.75, 3.05) is 13.7 Å². The van der Waals surface area contributed by atoms with E-state index in [1.165, 1.54) is 0 Å². The Hall–Kier alpha value is -0.590. The van der Waals surface area contributed by atoms with Crippen molar-refractivity contribution in [2.45, 2.75) is 12.6 Å². The Balaban J connectivity index is 2.40. The molecule has 1 aromatic carbocycles. The molecule has 0 saturated carbocycles. The van der Waals surface area contributed by atoms with Gasteiger partial charge in [0.25, 0.3) is 0 Å². The van der Waals surface area contributed by atoms with E-state index in [1.807, 2.05) is 12.1 Å². The van der Waals surface area contributed by atoms with E-state index in [2.05, 4.69) is 21.0 Å². The molecule has 0 fully saturated rings. The maximum atomic E-state index is 6.33. The van der Waals surface area contributed by atoms with Crippen LogP contribution in [0.1, 0.15) is 17.3 Å². The highest BCUT2D eigenvalue weighted by Crippen LogP contribution is 2.34. The summed E-state index contributed by atoms with van der Waals surface area (Å²) in [5.74, 6) is 0. The molecule has 2 N–H and O–H groups in total. The van der Waals surface area contributed by atoms with Crippen LogP contribution in [0.5, 0.6) is 0 Å². The Morgan fingerprint density at radius 1 is 1.45 bits per heavy atom. The third-order valence-corrected chi connectivity index (χ3v) is 4.40. The average molecular weight is 379 g/mol. The third kappa shape index (κ3) is 3.18. The molecule has 7 heteroatoms. The Morgan fingerprint density at radius 2 is 2.20 bits per heavy atom. The highest BCUT2D eigenvalue weighted by Gasteiger charge is 2.21. The number of nitrogens with two attached hydrogens (primary N) is 1. The molecule has 1 heterocycles. The first-order valence-corrected chi connectivity index (χ1v) is 7.50. The molecule has 2 aromatic rings. The molecular weight excluding hydrogens is 365 g/mol. The molecule has 0 bridgehead atoms. The van der Waals surface area contributed by atoms with E-state index in [4.69, 9.17) is 33.7 Å². The van der Waals surface area contributed by atoms with Crippen molar-refractivity contribution in [3.8, 4) is 0 Å². The number of methoxy groups -OCH3 is 1. The zero-order chi connectivity index (χ0) is 14.7. The van der Waals surface area contributed by atoms with Gasteiger partial charge in [-0.05, 0) is 27.6 Å². The van der Waals surface area contributed by atoms with Gasteiger partial charge in [-0.1, -0.05) is 35.3 Å². The first-order chi connectivity index (χ1) is 9.56. The lowest BCUT2D eigenvalue weighted by Gasteiger charge is -2.17. The van der Waals surface area contributed by atoms with Crippen LogP contribution in [0.2, 0.25) is 10.0 Å². The number of ether oxygens (including phenoxy) is 1. The zero-order valence-electron chi connectivity index (χ0n) is 10.8. The molecule has 1 aromatic heterocycles. The van der Waals surface area contributed by atoms with Gasteiger partial charge in [0.1, 0.15) is 0 Å². The van der Waals surface area contributed by atoms with Gasteiger partial charge in [-0.15, -0.1) is 0 Å². The molecule has 0 amide bonds. The normalized spacial score (nSPS) is 12.7. The predicted molar refractivity (Wildman–Crippen MR) is 84.3 cm³/mol. The second-order valence-electron chi connectivity index (χ2n) is 4.21. The molecule has 0 saturated heterocycles. The summed E-state index contributed by atoms with van der Waals surface area (Å²) in [5.41, 5.74) is 7.93. The summed E-state index contributed by atoms with van der Waals surface area (Å²) in [6.45, 7) is 1.17. The minimum atomic E-state index is -0.421. The number of rotatable bonds is 5. The largest absolute Gasteiger partial charge is 0.383 e. The van der Waals surface area contributed by atoms with Crippen LogP contribution in [-0.2, 0) is 11.3 Å². The fourth-order valence-electron chi connectivity index (χ4n) is 1.95. The smallest absolute Gasteiger partial charge is 0.0749 e. The van der Waals surface area contributed by atoms with Gasteiger partial charge < -0.3 is 10.5 Å². The van der Waals surface area contributed by atoms with Gasteiger partial charge in [-0.25, -0.2) is 0 Å². The highest BCUT2D eigenvalue weighted by atomic mass is 79.9. The number of benzene rings is 1. The van der Waals surface area contributed by atoms with Gasteiger partial charge in [0, 0.05) is 7.11 Å². The standard InChI is InChI=1S/C13H14BrCl2N3O/c1-20-6-5-19-13(9(14)7-18-19)12(17)8-3-2-4-10(15)11(8)16/h2-4,7,12H,5-6,17H2,1H3. The number of hydrogen-bond donors (Lipinski definition) is 1. The van der Waals surface area contributed by atoms with Gasteiger partial charge in [0.15, 0.2) is 0 Å². The summed E-state index contributed by atoms with van der Waals surface area (Å²) >= 11 is 15.7. The Kier molecular flexibility index (Phi) is 5.46. The van der Waals surface area contributed by atoms with E-state index < -0.39 is 6.04 Å². The van der Waals surface area contributed by atoms with Crippen LogP contribution in [0, 0.1) is 0 Å². The zero-order valence-corrected chi connectivity index (χ0v) is 13.9. The third-order valence-electron chi connectivity index (χ3n) is 2.95. The quantitative estimate of drug-likeness (QED) is 0.863. The van der Waals surface area contributed by atoms with Crippen molar-refractivity contribution >= 4 is 39.1 Å². The number of halogens is 3. The maximum Gasteiger partial charge on any atom is 0.0749 e. The van der Waals surface area contributed by atoms with Crippen molar-refractivity contribution in [2.24, 2.45) is 5.73 Å². The van der Waals surface area contributed by atoms with Crippen LogP contribution in [0.25, 0.3) is 0 Å². The van der Waals surface area contributed by atoms with Crippen molar-refractivity contribution in [1.82, 2.24) is 9.78 Å². The summed E-state index contributed by atoms with van der Waals surface area (Å²) in [6.07, 6.45) is 1.71. The second kappa shape index (κ2) is 6.91. The molecular formula is C13H14BrCl2N3O. The molecule has 2 rings (SSSR count). The predicted octanol–water partition coefficient (Wildman–Crippen LogP) is 3.65. The van der Waals surface area contributed by atoms with Gasteiger partial charge in [0.05, 0.1) is 45.6 Å². The number of hydrogen-bond acceptors (Lipinski definition) is 3. The van der Waals surface area contributed by atoms with Gasteiger partial charge in [-0.3, -0.25) is 4.68 Å². The van der Waals surface area contributed by atoms with Crippen LogP contribution in [0.3, 0.4) is 0 Å². The SMILES string of the molecule is COCCn1ncc(Br)c1C(N)c1cccc(Cl)c1Cl. The van der Waals surface area contributed by atoms with Crippen molar-refractivity contribution in [3.63, 3.8) is 0 Å². The molecule has 1 atom stereocenters. The Morgan fingerprint density at radius 3 is 2.90 bits per heavy atom. The summed E-state index contributed by atoms with van der Waals surface area (Å²) in [6, 6.07) is 5.00. The lowest BCUT2D eigenvalue weighted by atomic mass is 10.0. The van der Waals surface area contributed by atoms with Crippen molar-refractivity contribution in [3.05, 3.63) is 50.2 Å². The molecule has 20 heavy (non-hydrogen) atoms. The monoisotopic (exact) mass is 377 g/mol. The van der Waals surface area contributed by atoms with Crippen LogP contribution in [0.4, 0.5) is 0 Å². The van der Waals surface area contributed by atoms with Gasteiger partial charge >= 0.3 is 0 Å². The Labute approximate surface area is 135 Å². The van der Waals surface area contributed by atoms with E-state index in [-0.39, 0.29) is 0 Å². The van der Waals surface area contributed by atoms with Crippen LogP contribution >= 0.6 is 39.1 Å². The van der Waals surface area contributed by atoms with Gasteiger partial charge in [-0.2, -0.15) is 5.10 Å². The molecule has 0 aliphatic heterocycles. The van der Waals surface area contributed by atoms with Crippen molar-refractivity contribution < 1.29 is 4.74 Å². The highest BCUT2D eigenvalue weighted by molar-refractivity contribution is 9.10. The van der Waals surface area contributed by atoms with Crippen LogP contribution in [-0.4, -0.2) is 23.5 Å². The summed E-state index contributed by atoms with van der Waals surface area (Å²) in [7, 11) is 1.64. The molecule has 0 spiro atoms. The van der Waals surface area contributed by atoms with E-state index >= 15 is 0 Å². The lowest BCUT2D eigenvalue weighted by Crippen LogP contribution is -2.20. The van der Waals surface area contributed by atoms with E-state index in [0.717, 1.165) is 15.7 Å². The first kappa shape index (κ1) is 15.8. The summed E-state index contributed by atoms with van der Waals surface area (Å²) < 4.78 is 7.71. The van der Waals surface area contributed by atoms with E-state index in [9.17, 15) is 0 Å². The minimum absolute atomic E-state index is 0.421. The van der Waals surface area contributed by atoms with E-state index in [1.54, 1.807) is 24.1 Å². The fourth-order valence-corrected chi connectivity index (χ4v) is 2.91.